The van der Waals surface area contributed by atoms with Crippen molar-refractivity contribution in [2.75, 3.05) is 32.1 Å². The SMILES string of the molecule is CCOC(=O)C(C)(C)N(C)c1ccc(Oc2c(F)cnc(Oc3cc(C#N)ccc3OCc3ccccc3)c2F)c(C2N=CCN2C)c1. The maximum absolute atomic E-state index is 16.0. The summed E-state index contributed by atoms with van der Waals surface area (Å²) in [6, 6.07) is 20.8. The summed E-state index contributed by atoms with van der Waals surface area (Å²) in [5.41, 5.74) is 1.22. The fourth-order valence-electron chi connectivity index (χ4n) is 4.94. The third kappa shape index (κ3) is 7.21. The van der Waals surface area contributed by atoms with E-state index in [1.807, 2.05) is 48.3 Å². The Bertz CT molecular complexity index is 1860. The Morgan fingerprint density at radius 1 is 1.06 bits per heavy atom. The van der Waals surface area contributed by atoms with E-state index in [9.17, 15) is 10.1 Å². The van der Waals surface area contributed by atoms with Crippen LogP contribution < -0.4 is 19.1 Å². The zero-order chi connectivity index (χ0) is 34.4. The van der Waals surface area contributed by atoms with Gasteiger partial charge in [-0.2, -0.15) is 9.65 Å². The number of anilines is 1. The van der Waals surface area contributed by atoms with Crippen LogP contribution in [0.5, 0.6) is 28.9 Å². The van der Waals surface area contributed by atoms with Gasteiger partial charge in [-0.15, -0.1) is 0 Å². The van der Waals surface area contributed by atoms with Crippen molar-refractivity contribution in [3.05, 3.63) is 101 Å². The second kappa shape index (κ2) is 14.5. The number of ether oxygens (including phenoxy) is 4. The van der Waals surface area contributed by atoms with E-state index in [-0.39, 0.29) is 36.0 Å². The minimum Gasteiger partial charge on any atom is -0.485 e. The molecule has 1 aliphatic rings. The van der Waals surface area contributed by atoms with Crippen molar-refractivity contribution < 1.29 is 32.5 Å². The highest BCUT2D eigenvalue weighted by atomic mass is 19.1. The Morgan fingerprint density at radius 3 is 2.50 bits per heavy atom. The van der Waals surface area contributed by atoms with Gasteiger partial charge in [0.1, 0.15) is 24.1 Å². The normalized spacial score (nSPS) is 14.3. The molecular weight excluding hydrogens is 620 g/mol. The largest absolute Gasteiger partial charge is 0.485 e. The van der Waals surface area contributed by atoms with Crippen LogP contribution in [0, 0.1) is 23.0 Å². The van der Waals surface area contributed by atoms with Crippen LogP contribution in [0.3, 0.4) is 0 Å². The van der Waals surface area contributed by atoms with Gasteiger partial charge >= 0.3 is 5.97 Å². The van der Waals surface area contributed by atoms with Crippen molar-refractivity contribution in [1.82, 2.24) is 9.88 Å². The number of rotatable bonds is 12. The molecule has 0 aliphatic carbocycles. The zero-order valence-corrected chi connectivity index (χ0v) is 27.2. The maximum Gasteiger partial charge on any atom is 0.331 e. The highest BCUT2D eigenvalue weighted by molar-refractivity contribution is 5.84. The molecule has 0 saturated carbocycles. The lowest BCUT2D eigenvalue weighted by atomic mass is 10.0. The van der Waals surface area contributed by atoms with E-state index in [1.54, 1.807) is 57.1 Å². The number of nitrogens with zero attached hydrogens (tertiary/aromatic N) is 5. The fourth-order valence-corrected chi connectivity index (χ4v) is 4.94. The Hall–Kier alpha value is -5.54. The maximum atomic E-state index is 16.0. The van der Waals surface area contributed by atoms with Crippen LogP contribution in [-0.2, 0) is 16.1 Å². The molecule has 4 aromatic rings. The van der Waals surface area contributed by atoms with Crippen molar-refractivity contribution in [3.8, 4) is 34.9 Å². The van der Waals surface area contributed by atoms with Gasteiger partial charge in [-0.05, 0) is 63.7 Å². The predicted octanol–water partition coefficient (Wildman–Crippen LogP) is 7.19. The molecule has 0 spiro atoms. The lowest BCUT2D eigenvalue weighted by Crippen LogP contribution is -2.49. The minimum absolute atomic E-state index is 0.00755. The standard InChI is InChI=1S/C36H35F2N5O5/c1-6-45-35(44)36(2,3)43(5)25-13-15-28(26(19-25)33-40-16-17-42(33)4)47-32-27(37)21-41-34(31(32)38)48-30-18-24(20-39)12-14-29(30)46-22-23-10-8-7-9-11-23/h7-16,18-19,21,33H,6,17,22H2,1-5H3. The van der Waals surface area contributed by atoms with Crippen LogP contribution in [0.2, 0.25) is 0 Å². The molecule has 0 fully saturated rings. The molecule has 1 aliphatic heterocycles. The molecule has 1 atom stereocenters. The smallest absolute Gasteiger partial charge is 0.331 e. The van der Waals surface area contributed by atoms with E-state index >= 15 is 8.78 Å². The molecule has 1 aromatic heterocycles. The number of benzene rings is 3. The lowest BCUT2D eigenvalue weighted by molar-refractivity contribution is -0.148. The molecule has 0 bridgehead atoms. The summed E-state index contributed by atoms with van der Waals surface area (Å²) in [7, 11) is 3.61. The Labute approximate surface area is 277 Å². The monoisotopic (exact) mass is 655 g/mol. The lowest BCUT2D eigenvalue weighted by Gasteiger charge is -2.35. The van der Waals surface area contributed by atoms with Gasteiger partial charge in [0.2, 0.25) is 11.6 Å². The molecule has 3 aromatic carbocycles. The molecule has 0 N–H and O–H groups in total. The number of carbonyl (C=O) groups excluding carboxylic acids is 1. The van der Waals surface area contributed by atoms with Crippen LogP contribution in [-0.4, -0.2) is 54.9 Å². The summed E-state index contributed by atoms with van der Waals surface area (Å²) in [5, 5.41) is 9.47. The fraction of sp³-hybridized carbons (Fsp3) is 0.278. The number of nitriles is 1. The molecule has 1 unspecified atom stereocenters. The van der Waals surface area contributed by atoms with E-state index < -0.39 is 40.9 Å². The second-order valence-corrected chi connectivity index (χ2v) is 11.5. The van der Waals surface area contributed by atoms with Gasteiger partial charge in [-0.25, -0.2) is 14.2 Å². The van der Waals surface area contributed by atoms with Crippen LogP contribution in [0.15, 0.2) is 77.9 Å². The number of pyridine rings is 1. The predicted molar refractivity (Wildman–Crippen MR) is 176 cm³/mol. The zero-order valence-electron chi connectivity index (χ0n) is 27.2. The van der Waals surface area contributed by atoms with Crippen molar-refractivity contribution in [1.29, 1.82) is 5.26 Å². The summed E-state index contributed by atoms with van der Waals surface area (Å²) in [6.07, 6.45) is 2.00. The first-order valence-electron chi connectivity index (χ1n) is 15.2. The quantitative estimate of drug-likeness (QED) is 0.147. The van der Waals surface area contributed by atoms with E-state index in [4.69, 9.17) is 18.9 Å². The molecule has 0 saturated heterocycles. The first-order chi connectivity index (χ1) is 23.0. The first kappa shape index (κ1) is 33.8. The molecule has 2 heterocycles. The highest BCUT2D eigenvalue weighted by Gasteiger charge is 2.35. The van der Waals surface area contributed by atoms with Crippen LogP contribution in [0.1, 0.15) is 43.6 Å². The van der Waals surface area contributed by atoms with E-state index in [0.717, 1.165) is 11.8 Å². The van der Waals surface area contributed by atoms with Gasteiger partial charge in [0.25, 0.3) is 5.88 Å². The number of esters is 1. The number of hydrogen-bond acceptors (Lipinski definition) is 10. The van der Waals surface area contributed by atoms with Gasteiger partial charge in [0, 0.05) is 37.1 Å². The van der Waals surface area contributed by atoms with Crippen molar-refractivity contribution in [3.63, 3.8) is 0 Å². The average molecular weight is 656 g/mol. The third-order valence-corrected chi connectivity index (χ3v) is 7.93. The molecule has 0 radical (unpaired) electrons. The summed E-state index contributed by atoms with van der Waals surface area (Å²) in [5.74, 6) is -3.65. The third-order valence-electron chi connectivity index (χ3n) is 7.93. The summed E-state index contributed by atoms with van der Waals surface area (Å²) in [6.45, 7) is 6.17. The number of aliphatic imine (C=N–C) groups is 1. The second-order valence-electron chi connectivity index (χ2n) is 11.5. The Balaban J connectivity index is 1.48. The topological polar surface area (TPSA) is 110 Å². The van der Waals surface area contributed by atoms with E-state index in [2.05, 4.69) is 9.98 Å². The molecule has 5 rings (SSSR count). The first-order valence-corrected chi connectivity index (χ1v) is 15.2. The minimum atomic E-state index is -1.20. The highest BCUT2D eigenvalue weighted by Crippen LogP contribution is 2.41. The van der Waals surface area contributed by atoms with Crippen LogP contribution in [0.4, 0.5) is 14.5 Å². The molecule has 48 heavy (non-hydrogen) atoms. The number of aromatic nitrogens is 1. The molecular formula is C36H35F2N5O5. The summed E-state index contributed by atoms with van der Waals surface area (Å²) < 4.78 is 54.1. The number of halogens is 2. The summed E-state index contributed by atoms with van der Waals surface area (Å²) in [4.78, 5) is 24.8. The van der Waals surface area contributed by atoms with Gasteiger partial charge in [0.05, 0.1) is 24.4 Å². The number of likely N-dealkylation sites (N-methyl/N-ethyl adjacent to an activating group) is 1. The Morgan fingerprint density at radius 2 is 1.81 bits per heavy atom. The Kier molecular flexibility index (Phi) is 10.2. The van der Waals surface area contributed by atoms with Crippen molar-refractivity contribution in [2.45, 2.75) is 39.1 Å². The number of carbonyl (C=O) groups is 1. The molecule has 10 nitrogen and oxygen atoms in total. The summed E-state index contributed by atoms with van der Waals surface area (Å²) >= 11 is 0. The van der Waals surface area contributed by atoms with Gasteiger partial charge < -0.3 is 23.8 Å². The van der Waals surface area contributed by atoms with E-state index in [1.165, 1.54) is 18.2 Å². The molecule has 0 amide bonds. The molecule has 12 heteroatoms. The van der Waals surface area contributed by atoms with Crippen molar-refractivity contribution >= 4 is 17.9 Å². The number of hydrogen-bond donors (Lipinski definition) is 0. The molecule has 248 valence electrons. The van der Waals surface area contributed by atoms with Crippen molar-refractivity contribution in [2.24, 2.45) is 4.99 Å². The average Bonchev–Trinajstić information content (AvgIpc) is 3.52. The van der Waals surface area contributed by atoms with Gasteiger partial charge in [-0.3, -0.25) is 9.89 Å². The van der Waals surface area contributed by atoms with Crippen LogP contribution in [0.25, 0.3) is 0 Å². The van der Waals surface area contributed by atoms with E-state index in [0.29, 0.717) is 17.8 Å². The van der Waals surface area contributed by atoms with Gasteiger partial charge in [0.15, 0.2) is 17.3 Å². The van der Waals surface area contributed by atoms with Gasteiger partial charge in [-0.1, -0.05) is 30.3 Å². The van der Waals surface area contributed by atoms with Crippen LogP contribution >= 0.6 is 0 Å².